The fourth-order valence-electron chi connectivity index (χ4n) is 5.92. The van der Waals surface area contributed by atoms with Crippen molar-refractivity contribution >= 4 is 17.2 Å². The molecule has 1 aromatic heterocycles. The topological polar surface area (TPSA) is 51.2 Å². The van der Waals surface area contributed by atoms with E-state index in [-0.39, 0.29) is 18.1 Å². The maximum atomic E-state index is 12.5. The number of nitrogens with one attached hydrogen (secondary N) is 1. The zero-order valence-corrected chi connectivity index (χ0v) is 16.6. The molecule has 0 atom stereocenters. The first-order valence-electron chi connectivity index (χ1n) is 10.0. The summed E-state index contributed by atoms with van der Waals surface area (Å²) in [6, 6.07) is 7.85. The molecule has 4 bridgehead atoms. The predicted molar refractivity (Wildman–Crippen MR) is 107 cm³/mol. The van der Waals surface area contributed by atoms with Crippen LogP contribution in [-0.4, -0.2) is 23.0 Å². The normalized spacial score (nSPS) is 31.1. The molecule has 5 heteroatoms. The first-order valence-corrected chi connectivity index (χ1v) is 10.9. The number of aromatic nitrogens is 1. The summed E-state index contributed by atoms with van der Waals surface area (Å²) in [5.74, 6) is 3.25. The molecule has 27 heavy (non-hydrogen) atoms. The Hall–Kier alpha value is -1.88. The van der Waals surface area contributed by atoms with Crippen LogP contribution in [0.25, 0.3) is 10.6 Å². The number of hydrogen-bond acceptors (Lipinski definition) is 4. The van der Waals surface area contributed by atoms with Gasteiger partial charge in [0.1, 0.15) is 10.8 Å². The molecule has 1 heterocycles. The minimum Gasteiger partial charge on any atom is -0.484 e. The third-order valence-corrected chi connectivity index (χ3v) is 7.54. The summed E-state index contributed by atoms with van der Waals surface area (Å²) in [6.07, 6.45) is 7.68. The molecule has 0 spiro atoms. The van der Waals surface area contributed by atoms with Crippen molar-refractivity contribution in [1.82, 2.24) is 10.3 Å². The SMILES string of the molecule is Cc1csc(-c2ccc(OCC(=O)NC34CC5CC(CC(C5)C3)C4)cc2)n1. The highest BCUT2D eigenvalue weighted by Crippen LogP contribution is 2.55. The van der Waals surface area contributed by atoms with Crippen LogP contribution in [0.1, 0.15) is 44.2 Å². The van der Waals surface area contributed by atoms with Gasteiger partial charge in [0.05, 0.1) is 0 Å². The lowest BCUT2D eigenvalue weighted by Gasteiger charge is -2.56. The van der Waals surface area contributed by atoms with E-state index in [1.807, 2.05) is 31.2 Å². The van der Waals surface area contributed by atoms with Gasteiger partial charge in [-0.2, -0.15) is 0 Å². The van der Waals surface area contributed by atoms with Gasteiger partial charge < -0.3 is 10.1 Å². The fourth-order valence-corrected chi connectivity index (χ4v) is 6.73. The van der Waals surface area contributed by atoms with Gasteiger partial charge >= 0.3 is 0 Å². The van der Waals surface area contributed by atoms with E-state index < -0.39 is 0 Å². The monoisotopic (exact) mass is 382 g/mol. The average molecular weight is 383 g/mol. The minimum atomic E-state index is 0.0246. The van der Waals surface area contributed by atoms with Crippen LogP contribution in [0.2, 0.25) is 0 Å². The van der Waals surface area contributed by atoms with Gasteiger partial charge in [0.2, 0.25) is 0 Å². The van der Waals surface area contributed by atoms with Crippen molar-refractivity contribution in [1.29, 1.82) is 0 Å². The molecule has 0 unspecified atom stereocenters. The van der Waals surface area contributed by atoms with E-state index >= 15 is 0 Å². The van der Waals surface area contributed by atoms with E-state index in [2.05, 4.69) is 15.7 Å². The Balaban J connectivity index is 1.17. The summed E-state index contributed by atoms with van der Waals surface area (Å²) in [5, 5.41) is 6.43. The molecule has 0 saturated heterocycles. The Morgan fingerprint density at radius 1 is 1.15 bits per heavy atom. The summed E-state index contributed by atoms with van der Waals surface area (Å²) < 4.78 is 5.75. The minimum absolute atomic E-state index is 0.0246. The molecule has 4 fully saturated rings. The van der Waals surface area contributed by atoms with Crippen molar-refractivity contribution in [2.75, 3.05) is 6.61 Å². The highest BCUT2D eigenvalue weighted by Gasteiger charge is 2.51. The standard InChI is InChI=1S/C22H26N2O2S/c1-14-13-27-21(23-14)18-2-4-19(5-3-18)26-12-20(25)24-22-9-15-6-16(10-22)8-17(7-15)11-22/h2-5,13,15-17H,6-12H2,1H3,(H,24,25). The van der Waals surface area contributed by atoms with Crippen LogP contribution < -0.4 is 10.1 Å². The number of thiazole rings is 1. The van der Waals surface area contributed by atoms with Crippen LogP contribution in [0.5, 0.6) is 5.75 Å². The highest BCUT2D eigenvalue weighted by atomic mass is 32.1. The summed E-state index contributed by atoms with van der Waals surface area (Å²) in [4.78, 5) is 17.0. The van der Waals surface area contributed by atoms with E-state index in [1.54, 1.807) is 11.3 Å². The number of hydrogen-bond donors (Lipinski definition) is 1. The average Bonchev–Trinajstić information content (AvgIpc) is 3.05. The fraction of sp³-hybridized carbons (Fsp3) is 0.545. The van der Waals surface area contributed by atoms with Gasteiger partial charge in [-0.05, 0) is 87.5 Å². The Labute approximate surface area is 164 Å². The number of benzene rings is 1. The van der Waals surface area contributed by atoms with E-state index in [0.717, 1.165) is 39.8 Å². The van der Waals surface area contributed by atoms with Crippen LogP contribution in [0.4, 0.5) is 0 Å². The quantitative estimate of drug-likeness (QED) is 0.823. The molecular weight excluding hydrogens is 356 g/mol. The largest absolute Gasteiger partial charge is 0.484 e. The second-order valence-electron chi connectivity index (χ2n) is 8.85. The van der Waals surface area contributed by atoms with Gasteiger partial charge in [-0.25, -0.2) is 4.98 Å². The number of carbonyl (C=O) groups excluding carboxylic acids is 1. The van der Waals surface area contributed by atoms with Gasteiger partial charge in [0, 0.05) is 22.2 Å². The molecule has 1 N–H and O–H groups in total. The summed E-state index contributed by atoms with van der Waals surface area (Å²) >= 11 is 1.64. The van der Waals surface area contributed by atoms with E-state index in [0.29, 0.717) is 0 Å². The van der Waals surface area contributed by atoms with Crippen LogP contribution >= 0.6 is 11.3 Å². The first-order chi connectivity index (χ1) is 13.1. The Bertz CT molecular complexity index is 807. The summed E-state index contributed by atoms with van der Waals surface area (Å²) in [7, 11) is 0. The Kier molecular flexibility index (Phi) is 4.23. The highest BCUT2D eigenvalue weighted by molar-refractivity contribution is 7.13. The number of amides is 1. The Morgan fingerprint density at radius 2 is 1.78 bits per heavy atom. The predicted octanol–water partition coefficient (Wildman–Crippen LogP) is 4.58. The number of carbonyl (C=O) groups is 1. The van der Waals surface area contributed by atoms with Crippen molar-refractivity contribution in [3.63, 3.8) is 0 Å². The zero-order valence-electron chi connectivity index (χ0n) is 15.7. The van der Waals surface area contributed by atoms with Crippen LogP contribution in [0.3, 0.4) is 0 Å². The third kappa shape index (κ3) is 3.49. The maximum Gasteiger partial charge on any atom is 0.258 e. The number of ether oxygens (including phenoxy) is 1. The van der Waals surface area contributed by atoms with Crippen molar-refractivity contribution in [2.45, 2.75) is 51.0 Å². The molecule has 4 nitrogen and oxygen atoms in total. The van der Waals surface area contributed by atoms with Crippen molar-refractivity contribution < 1.29 is 9.53 Å². The number of nitrogens with zero attached hydrogens (tertiary/aromatic N) is 1. The van der Waals surface area contributed by atoms with Gasteiger partial charge in [-0.3, -0.25) is 4.79 Å². The summed E-state index contributed by atoms with van der Waals surface area (Å²) in [5.41, 5.74) is 2.18. The van der Waals surface area contributed by atoms with E-state index in [1.165, 1.54) is 38.5 Å². The van der Waals surface area contributed by atoms with E-state index in [9.17, 15) is 4.79 Å². The van der Waals surface area contributed by atoms with Crippen molar-refractivity contribution in [3.05, 3.63) is 35.3 Å². The zero-order chi connectivity index (χ0) is 18.4. The smallest absolute Gasteiger partial charge is 0.258 e. The van der Waals surface area contributed by atoms with Gasteiger partial charge in [0.25, 0.3) is 5.91 Å². The number of rotatable bonds is 5. The molecular formula is C22H26N2O2S. The molecule has 0 radical (unpaired) electrons. The lowest BCUT2D eigenvalue weighted by atomic mass is 9.53. The molecule has 6 rings (SSSR count). The lowest BCUT2D eigenvalue weighted by Crippen LogP contribution is -2.60. The van der Waals surface area contributed by atoms with Crippen LogP contribution in [0, 0.1) is 24.7 Å². The summed E-state index contributed by atoms with van der Waals surface area (Å²) in [6.45, 7) is 2.09. The third-order valence-electron chi connectivity index (χ3n) is 6.53. The lowest BCUT2D eigenvalue weighted by molar-refractivity contribution is -0.128. The van der Waals surface area contributed by atoms with Gasteiger partial charge in [-0.15, -0.1) is 11.3 Å². The Morgan fingerprint density at radius 3 is 2.33 bits per heavy atom. The second-order valence-corrected chi connectivity index (χ2v) is 9.71. The van der Waals surface area contributed by atoms with Gasteiger partial charge in [0.15, 0.2) is 6.61 Å². The molecule has 1 amide bonds. The van der Waals surface area contributed by atoms with Gasteiger partial charge in [-0.1, -0.05) is 0 Å². The molecule has 2 aromatic rings. The van der Waals surface area contributed by atoms with E-state index in [4.69, 9.17) is 4.74 Å². The van der Waals surface area contributed by atoms with Crippen molar-refractivity contribution in [3.8, 4) is 16.3 Å². The maximum absolute atomic E-state index is 12.5. The number of aryl methyl sites for hydroxylation is 1. The molecule has 4 aliphatic carbocycles. The van der Waals surface area contributed by atoms with Crippen LogP contribution in [0.15, 0.2) is 29.6 Å². The molecule has 1 aromatic carbocycles. The first kappa shape index (κ1) is 17.2. The molecule has 4 aliphatic rings. The molecule has 0 aliphatic heterocycles. The van der Waals surface area contributed by atoms with Crippen molar-refractivity contribution in [2.24, 2.45) is 17.8 Å². The second kappa shape index (κ2) is 6.62. The molecule has 142 valence electrons. The van der Waals surface area contributed by atoms with Crippen LogP contribution in [-0.2, 0) is 4.79 Å². The molecule has 4 saturated carbocycles.